The van der Waals surface area contributed by atoms with Crippen LogP contribution in [0.3, 0.4) is 0 Å². The maximum absolute atomic E-state index is 12.1. The number of rotatable bonds is 2. The minimum absolute atomic E-state index is 0.0201. The number of carbonyl (C=O) groups excluding carboxylic acids is 4. The highest BCUT2D eigenvalue weighted by molar-refractivity contribution is 6.21. The summed E-state index contributed by atoms with van der Waals surface area (Å²) in [5.74, 6) is -2.26. The first kappa shape index (κ1) is 11.6. The standard InChI is InChI=1S/C13H10N2O4/c16-10-5-7(11(17)14-10)6-15-12(18)8-3-1-2-4-9(8)13(15)19/h1-4,7H,5-6H2,(H,14,16,17). The van der Waals surface area contributed by atoms with Crippen LogP contribution < -0.4 is 5.32 Å². The van der Waals surface area contributed by atoms with E-state index in [0.717, 1.165) is 4.90 Å². The highest BCUT2D eigenvalue weighted by atomic mass is 16.2. The number of benzene rings is 1. The van der Waals surface area contributed by atoms with Crippen molar-refractivity contribution in [2.24, 2.45) is 5.92 Å². The molecule has 1 N–H and O–H groups in total. The van der Waals surface area contributed by atoms with Gasteiger partial charge >= 0.3 is 0 Å². The highest BCUT2D eigenvalue weighted by Crippen LogP contribution is 2.24. The number of imide groups is 2. The lowest BCUT2D eigenvalue weighted by atomic mass is 10.1. The number of fused-ring (bicyclic) bond motifs is 1. The molecule has 2 aliphatic rings. The molecule has 1 aromatic rings. The second-order valence-electron chi connectivity index (χ2n) is 4.58. The molecule has 96 valence electrons. The molecule has 6 nitrogen and oxygen atoms in total. The summed E-state index contributed by atoms with van der Waals surface area (Å²) in [6.45, 7) is -0.0517. The van der Waals surface area contributed by atoms with Crippen LogP contribution in [0.2, 0.25) is 0 Å². The Morgan fingerprint density at radius 3 is 2.11 bits per heavy atom. The van der Waals surface area contributed by atoms with Crippen molar-refractivity contribution in [3.8, 4) is 0 Å². The Morgan fingerprint density at radius 1 is 1.05 bits per heavy atom. The largest absolute Gasteiger partial charge is 0.296 e. The predicted molar refractivity (Wildman–Crippen MR) is 63.1 cm³/mol. The van der Waals surface area contributed by atoms with E-state index < -0.39 is 23.6 Å². The van der Waals surface area contributed by atoms with E-state index in [2.05, 4.69) is 5.32 Å². The molecule has 0 bridgehead atoms. The van der Waals surface area contributed by atoms with Crippen LogP contribution in [0.25, 0.3) is 0 Å². The first-order valence-electron chi connectivity index (χ1n) is 5.87. The first-order chi connectivity index (χ1) is 9.08. The maximum atomic E-state index is 12.1. The lowest BCUT2D eigenvalue weighted by Crippen LogP contribution is -2.37. The predicted octanol–water partition coefficient (Wildman–Crippen LogP) is -0.0547. The molecule has 19 heavy (non-hydrogen) atoms. The zero-order valence-corrected chi connectivity index (χ0v) is 9.88. The van der Waals surface area contributed by atoms with Gasteiger partial charge in [-0.15, -0.1) is 0 Å². The van der Waals surface area contributed by atoms with Crippen LogP contribution in [-0.4, -0.2) is 35.1 Å². The maximum Gasteiger partial charge on any atom is 0.261 e. The molecular formula is C13H10N2O4. The highest BCUT2D eigenvalue weighted by Gasteiger charge is 2.40. The quantitative estimate of drug-likeness (QED) is 0.753. The summed E-state index contributed by atoms with van der Waals surface area (Å²) in [4.78, 5) is 47.8. The molecule has 0 aromatic heterocycles. The van der Waals surface area contributed by atoms with Gasteiger partial charge in [-0.05, 0) is 12.1 Å². The molecule has 3 rings (SSSR count). The third-order valence-electron chi connectivity index (χ3n) is 3.35. The monoisotopic (exact) mass is 258 g/mol. The van der Waals surface area contributed by atoms with E-state index in [0.29, 0.717) is 11.1 Å². The van der Waals surface area contributed by atoms with E-state index in [9.17, 15) is 19.2 Å². The molecule has 1 saturated heterocycles. The lowest BCUT2D eigenvalue weighted by molar-refractivity contribution is -0.125. The molecule has 2 heterocycles. The van der Waals surface area contributed by atoms with Crippen LogP contribution >= 0.6 is 0 Å². The van der Waals surface area contributed by atoms with Crippen LogP contribution in [0, 0.1) is 5.92 Å². The average molecular weight is 258 g/mol. The Balaban J connectivity index is 1.85. The van der Waals surface area contributed by atoms with E-state index >= 15 is 0 Å². The number of hydrogen-bond acceptors (Lipinski definition) is 4. The Bertz CT molecular complexity index is 588. The van der Waals surface area contributed by atoms with Crippen molar-refractivity contribution < 1.29 is 19.2 Å². The van der Waals surface area contributed by atoms with Gasteiger partial charge in [-0.2, -0.15) is 0 Å². The third kappa shape index (κ3) is 1.72. The molecule has 4 amide bonds. The van der Waals surface area contributed by atoms with Gasteiger partial charge in [0, 0.05) is 13.0 Å². The van der Waals surface area contributed by atoms with Crippen molar-refractivity contribution in [2.45, 2.75) is 6.42 Å². The van der Waals surface area contributed by atoms with Gasteiger partial charge in [0.15, 0.2) is 0 Å². The third-order valence-corrected chi connectivity index (χ3v) is 3.35. The van der Waals surface area contributed by atoms with Crippen molar-refractivity contribution in [2.75, 3.05) is 6.54 Å². The van der Waals surface area contributed by atoms with E-state index in [1.165, 1.54) is 0 Å². The fourth-order valence-corrected chi connectivity index (χ4v) is 2.38. The smallest absolute Gasteiger partial charge is 0.261 e. The van der Waals surface area contributed by atoms with E-state index in [1.54, 1.807) is 24.3 Å². The number of nitrogens with one attached hydrogen (secondary N) is 1. The summed E-state index contributed by atoms with van der Waals surface area (Å²) >= 11 is 0. The summed E-state index contributed by atoms with van der Waals surface area (Å²) in [6, 6.07) is 6.52. The summed E-state index contributed by atoms with van der Waals surface area (Å²) < 4.78 is 0. The van der Waals surface area contributed by atoms with Gasteiger partial charge in [-0.3, -0.25) is 29.4 Å². The second-order valence-corrected chi connectivity index (χ2v) is 4.58. The van der Waals surface area contributed by atoms with Crippen LogP contribution in [0.1, 0.15) is 27.1 Å². The summed E-state index contributed by atoms with van der Waals surface area (Å²) in [7, 11) is 0. The Morgan fingerprint density at radius 2 is 1.63 bits per heavy atom. The van der Waals surface area contributed by atoms with Gasteiger partial charge in [0.05, 0.1) is 17.0 Å². The van der Waals surface area contributed by atoms with Crippen molar-refractivity contribution >= 4 is 23.6 Å². The summed E-state index contributed by atoms with van der Waals surface area (Å²) in [5, 5.41) is 2.16. The molecule has 6 heteroatoms. The van der Waals surface area contributed by atoms with Crippen molar-refractivity contribution in [3.05, 3.63) is 35.4 Å². The van der Waals surface area contributed by atoms with Gasteiger partial charge in [-0.25, -0.2) is 0 Å². The SMILES string of the molecule is O=C1CC(CN2C(=O)c3ccccc3C2=O)C(=O)N1. The normalized spacial score (nSPS) is 21.9. The molecule has 1 aromatic carbocycles. The number of hydrogen-bond donors (Lipinski definition) is 1. The Labute approximate surface area is 108 Å². The van der Waals surface area contributed by atoms with Crippen molar-refractivity contribution in [1.82, 2.24) is 10.2 Å². The van der Waals surface area contributed by atoms with Crippen molar-refractivity contribution in [1.29, 1.82) is 0 Å². The number of carbonyl (C=O) groups is 4. The van der Waals surface area contributed by atoms with Crippen LogP contribution in [0.4, 0.5) is 0 Å². The van der Waals surface area contributed by atoms with Gasteiger partial charge in [0.1, 0.15) is 0 Å². The van der Waals surface area contributed by atoms with Gasteiger partial charge in [0.25, 0.3) is 11.8 Å². The molecule has 0 radical (unpaired) electrons. The lowest BCUT2D eigenvalue weighted by Gasteiger charge is -2.16. The topological polar surface area (TPSA) is 83.6 Å². The summed E-state index contributed by atoms with van der Waals surface area (Å²) in [6.07, 6.45) is 0.0201. The molecule has 1 unspecified atom stereocenters. The van der Waals surface area contributed by atoms with Crippen LogP contribution in [0.5, 0.6) is 0 Å². The van der Waals surface area contributed by atoms with E-state index in [4.69, 9.17) is 0 Å². The molecular weight excluding hydrogens is 248 g/mol. The van der Waals surface area contributed by atoms with E-state index in [-0.39, 0.29) is 18.9 Å². The Hall–Kier alpha value is -2.50. The zero-order valence-electron chi connectivity index (χ0n) is 9.88. The van der Waals surface area contributed by atoms with Crippen molar-refractivity contribution in [3.63, 3.8) is 0 Å². The van der Waals surface area contributed by atoms with Gasteiger partial charge < -0.3 is 0 Å². The van der Waals surface area contributed by atoms with Gasteiger partial charge in [-0.1, -0.05) is 12.1 Å². The fraction of sp³-hybridized carbons (Fsp3) is 0.231. The van der Waals surface area contributed by atoms with Crippen LogP contribution in [-0.2, 0) is 9.59 Å². The van der Waals surface area contributed by atoms with E-state index in [1.807, 2.05) is 0 Å². The zero-order chi connectivity index (χ0) is 13.6. The molecule has 1 fully saturated rings. The molecule has 0 saturated carbocycles. The number of amides is 4. The second kappa shape index (κ2) is 4.01. The summed E-state index contributed by atoms with van der Waals surface area (Å²) in [5.41, 5.74) is 0.689. The average Bonchev–Trinajstić information content (AvgIpc) is 2.83. The number of nitrogens with zero attached hydrogens (tertiary/aromatic N) is 1. The first-order valence-corrected chi connectivity index (χ1v) is 5.87. The molecule has 1 atom stereocenters. The minimum atomic E-state index is -0.644. The Kier molecular flexibility index (Phi) is 2.45. The molecule has 0 aliphatic carbocycles. The minimum Gasteiger partial charge on any atom is -0.296 e. The van der Waals surface area contributed by atoms with Crippen LogP contribution in [0.15, 0.2) is 24.3 Å². The van der Waals surface area contributed by atoms with Gasteiger partial charge in [0.2, 0.25) is 11.8 Å². The molecule has 0 spiro atoms. The fourth-order valence-electron chi connectivity index (χ4n) is 2.38. The molecule has 2 aliphatic heterocycles.